The van der Waals surface area contributed by atoms with Crippen molar-refractivity contribution >= 4 is 54.5 Å². The number of amides is 1. The van der Waals surface area contributed by atoms with Crippen molar-refractivity contribution in [2.75, 3.05) is 38.9 Å². The molecule has 0 bridgehead atoms. The molecule has 3 aromatic carbocycles. The second-order valence-electron chi connectivity index (χ2n) is 14.0. The van der Waals surface area contributed by atoms with Gasteiger partial charge < -0.3 is 9.08 Å². The molecule has 1 amide bonds. The number of carbonyl (C=O) groups excluding carboxylic acids is 2. The Hall–Kier alpha value is -4.11. The first-order valence-electron chi connectivity index (χ1n) is 17.4. The molecule has 55 heavy (non-hydrogen) atoms. The number of halogens is 7. The average Bonchev–Trinajstić information content (AvgIpc) is 3.12. The number of allylic oxidation sites excluding steroid dienone is 5. The van der Waals surface area contributed by atoms with Crippen molar-refractivity contribution in [3.05, 3.63) is 117 Å². The lowest BCUT2D eigenvalue weighted by Gasteiger charge is -2.38. The molecule has 1 aliphatic carbocycles. The van der Waals surface area contributed by atoms with Gasteiger partial charge in [0, 0.05) is 31.7 Å². The van der Waals surface area contributed by atoms with Crippen LogP contribution >= 0.6 is 8.58 Å². The minimum absolute atomic E-state index is 0.147. The maximum Gasteiger partial charge on any atom is 0.534 e. The van der Waals surface area contributed by atoms with E-state index in [9.17, 15) is 35.6 Å². The molecule has 0 N–H and O–H groups in total. The molecule has 0 radical (unpaired) electrons. The second kappa shape index (κ2) is 15.4. The van der Waals surface area contributed by atoms with Gasteiger partial charge in [0.1, 0.15) is 8.07 Å². The van der Waals surface area contributed by atoms with Crippen LogP contribution in [0.15, 0.2) is 83.1 Å². The summed E-state index contributed by atoms with van der Waals surface area (Å²) in [6.07, 6.45) is 3.99. The highest BCUT2D eigenvalue weighted by Gasteiger charge is 2.51. The normalized spacial score (nSPS) is 17.8. The molecule has 292 valence electrons. The lowest BCUT2D eigenvalue weighted by atomic mass is 9.86. The number of alkyl halides is 3. The van der Waals surface area contributed by atoms with Gasteiger partial charge in [0.2, 0.25) is 11.5 Å². The van der Waals surface area contributed by atoms with Crippen LogP contribution in [0, 0.1) is 18.6 Å². The minimum atomic E-state index is -6.54. The maximum absolute atomic E-state index is 16.3. The van der Waals surface area contributed by atoms with E-state index in [1.165, 1.54) is 36.6 Å². The Kier molecular flexibility index (Phi) is 11.4. The minimum Gasteiger partial charge on any atom is -0.370 e. The van der Waals surface area contributed by atoms with Crippen molar-refractivity contribution in [3.63, 3.8) is 0 Å². The van der Waals surface area contributed by atoms with Crippen molar-refractivity contribution in [1.82, 2.24) is 9.80 Å². The van der Waals surface area contributed by atoms with Crippen molar-refractivity contribution in [3.8, 4) is 5.75 Å². The molecule has 7 nitrogen and oxygen atoms in total. The van der Waals surface area contributed by atoms with Gasteiger partial charge in [-0.2, -0.15) is 21.6 Å². The molecule has 2 heterocycles. The molecule has 1 saturated heterocycles. The molecule has 0 saturated carbocycles. The monoisotopic (exact) mass is 824 g/mol. The van der Waals surface area contributed by atoms with Crippen LogP contribution in [0.25, 0.3) is 5.57 Å². The SMILES string of the molecule is Cc1cc(C(=O)N2CCN(CCCCPc3ccccc3)CC2)ccc1C1=C2C=C(F)C(=O)C(F)=C2[Si](C)(C)c2c1cc(F)c(OS(=O)(=O)C(F)(F)F)c2F. The summed E-state index contributed by atoms with van der Waals surface area (Å²) in [5.41, 5.74) is -6.00. The molecule has 2 aliphatic heterocycles. The predicted molar refractivity (Wildman–Crippen MR) is 199 cm³/mol. The highest BCUT2D eigenvalue weighted by molar-refractivity contribution is 7.88. The predicted octanol–water partition coefficient (Wildman–Crippen LogP) is 6.97. The molecule has 0 spiro atoms. The number of unbranched alkanes of at least 4 members (excludes halogenated alkanes) is 1. The lowest BCUT2D eigenvalue weighted by Crippen LogP contribution is -2.52. The first-order chi connectivity index (χ1) is 25.8. The fourth-order valence-corrected chi connectivity index (χ4v) is 12.2. The lowest BCUT2D eigenvalue weighted by molar-refractivity contribution is -0.115. The Morgan fingerprint density at radius 1 is 0.927 bits per heavy atom. The van der Waals surface area contributed by atoms with Crippen LogP contribution in [0.2, 0.25) is 13.1 Å². The van der Waals surface area contributed by atoms with E-state index in [2.05, 4.69) is 21.2 Å². The van der Waals surface area contributed by atoms with Gasteiger partial charge in [0.15, 0.2) is 23.3 Å². The van der Waals surface area contributed by atoms with Gasteiger partial charge in [-0.3, -0.25) is 14.5 Å². The molecule has 3 aliphatic rings. The smallest absolute Gasteiger partial charge is 0.370 e. The molecule has 1 atom stereocenters. The van der Waals surface area contributed by atoms with Gasteiger partial charge in [0.25, 0.3) is 5.91 Å². The topological polar surface area (TPSA) is 84.0 Å². The van der Waals surface area contributed by atoms with Crippen LogP contribution in [0.1, 0.15) is 39.9 Å². The Balaban J connectivity index is 1.28. The number of aryl methyl sites for hydroxylation is 1. The summed E-state index contributed by atoms with van der Waals surface area (Å²) in [5.74, 6) is -10.5. The van der Waals surface area contributed by atoms with E-state index in [0.717, 1.165) is 40.2 Å². The van der Waals surface area contributed by atoms with E-state index in [1.54, 1.807) is 11.8 Å². The average molecular weight is 825 g/mol. The summed E-state index contributed by atoms with van der Waals surface area (Å²) in [6, 6.07) is 15.3. The van der Waals surface area contributed by atoms with Crippen molar-refractivity contribution in [2.24, 2.45) is 0 Å². The highest BCUT2D eigenvalue weighted by atomic mass is 32.2. The van der Waals surface area contributed by atoms with E-state index in [4.69, 9.17) is 0 Å². The first kappa shape index (κ1) is 40.5. The Bertz CT molecular complexity index is 2270. The molecular formula is C38H36F7N2O5PSSi. The zero-order valence-corrected chi connectivity index (χ0v) is 32.7. The molecule has 3 aromatic rings. The number of benzene rings is 3. The Morgan fingerprint density at radius 3 is 2.24 bits per heavy atom. The number of piperazine rings is 1. The second-order valence-corrected chi connectivity index (χ2v) is 21.2. The molecule has 17 heteroatoms. The Labute approximate surface area is 316 Å². The number of rotatable bonds is 10. The van der Waals surface area contributed by atoms with E-state index >= 15 is 13.2 Å². The number of fused-ring (bicyclic) bond motifs is 2. The quantitative estimate of drug-likeness (QED) is 0.0549. The van der Waals surface area contributed by atoms with Crippen molar-refractivity contribution < 1.29 is 52.9 Å². The number of Topliss-reactive ketones (excluding diaryl/α,β-unsaturated/α-hetero) is 1. The van der Waals surface area contributed by atoms with E-state index in [0.29, 0.717) is 37.8 Å². The molecule has 1 unspecified atom stereocenters. The zero-order chi connectivity index (χ0) is 40.0. The van der Waals surface area contributed by atoms with Crippen molar-refractivity contribution in [1.29, 1.82) is 0 Å². The number of hydrogen-bond acceptors (Lipinski definition) is 6. The van der Waals surface area contributed by atoms with Gasteiger partial charge in [-0.05, 0) is 100 Å². The van der Waals surface area contributed by atoms with Gasteiger partial charge >= 0.3 is 15.6 Å². The summed E-state index contributed by atoms with van der Waals surface area (Å²) in [6.45, 7) is 7.39. The fourth-order valence-electron chi connectivity index (χ4n) is 7.30. The van der Waals surface area contributed by atoms with Gasteiger partial charge in [-0.25, -0.2) is 17.6 Å². The standard InChI is InChI=1S/C38H36F7N2O5PSSi/c1-22-19-23(37(49)47-16-14-46(15-17-47)13-7-8-18-53-24-9-5-4-6-10-24)11-12-25(22)30-26-20-28(39)33(48)31(41)35(26)55(2,3)36-27(30)21-29(40)34(32(36)42)52-54(50,51)38(43,44)45/h4-6,9-12,19-21,53H,7-8,13-18H2,1-3H3. The van der Waals surface area contributed by atoms with Crippen LogP contribution in [0.3, 0.4) is 0 Å². The number of nitrogens with zero attached hydrogens (tertiary/aromatic N) is 2. The first-order valence-corrected chi connectivity index (χ1v) is 23.0. The molecular weight excluding hydrogens is 789 g/mol. The summed E-state index contributed by atoms with van der Waals surface area (Å²) >= 11 is 0. The van der Waals surface area contributed by atoms with Crippen LogP contribution in [-0.4, -0.2) is 82.4 Å². The van der Waals surface area contributed by atoms with Crippen LogP contribution < -0.4 is 14.7 Å². The molecule has 1 fully saturated rings. The molecule has 6 rings (SSSR count). The van der Waals surface area contributed by atoms with Gasteiger partial charge in [-0.1, -0.05) is 58.1 Å². The number of ketones is 1. The van der Waals surface area contributed by atoms with Crippen LogP contribution in [-0.2, 0) is 14.9 Å². The summed E-state index contributed by atoms with van der Waals surface area (Å²) in [4.78, 5) is 30.2. The number of hydrogen-bond donors (Lipinski definition) is 0. The number of carbonyl (C=O) groups is 2. The molecule has 0 aromatic heterocycles. The highest BCUT2D eigenvalue weighted by Crippen LogP contribution is 2.47. The third-order valence-electron chi connectivity index (χ3n) is 10.0. The van der Waals surface area contributed by atoms with Crippen LogP contribution in [0.5, 0.6) is 5.75 Å². The third kappa shape index (κ3) is 7.83. The van der Waals surface area contributed by atoms with E-state index in [1.807, 2.05) is 18.2 Å². The fraction of sp³-hybridized carbons (Fsp3) is 0.316. The van der Waals surface area contributed by atoms with Crippen LogP contribution in [0.4, 0.5) is 30.7 Å². The van der Waals surface area contributed by atoms with Gasteiger partial charge in [-0.15, -0.1) is 0 Å². The van der Waals surface area contributed by atoms with Gasteiger partial charge in [0.05, 0.1) is 0 Å². The maximum atomic E-state index is 16.3. The Morgan fingerprint density at radius 2 is 1.60 bits per heavy atom. The zero-order valence-electron chi connectivity index (χ0n) is 29.9. The largest absolute Gasteiger partial charge is 0.534 e. The third-order valence-corrected chi connectivity index (χ3v) is 15.8. The van der Waals surface area contributed by atoms with E-state index in [-0.39, 0.29) is 33.7 Å². The van der Waals surface area contributed by atoms with Crippen molar-refractivity contribution in [2.45, 2.75) is 38.4 Å². The van der Waals surface area contributed by atoms with E-state index < -0.39 is 68.9 Å². The summed E-state index contributed by atoms with van der Waals surface area (Å²) in [7, 11) is -9.73. The summed E-state index contributed by atoms with van der Waals surface area (Å²) < 4.78 is 130. The summed E-state index contributed by atoms with van der Waals surface area (Å²) in [5, 5.41) is 0.346.